The van der Waals surface area contributed by atoms with Crippen molar-refractivity contribution >= 4 is 34.2 Å². The molecule has 184 valence electrons. The Balaban J connectivity index is 1.57. The van der Waals surface area contributed by atoms with Crippen molar-refractivity contribution in [2.24, 2.45) is 11.8 Å². The number of methoxy groups -OCH3 is 1. The first kappa shape index (κ1) is 25.7. The van der Waals surface area contributed by atoms with E-state index in [1.807, 2.05) is 18.7 Å². The van der Waals surface area contributed by atoms with Crippen molar-refractivity contribution in [3.8, 4) is 5.75 Å². The quantitative estimate of drug-likeness (QED) is 0.584. The topological polar surface area (TPSA) is 91.8 Å². The van der Waals surface area contributed by atoms with Crippen molar-refractivity contribution in [3.63, 3.8) is 0 Å². The minimum absolute atomic E-state index is 0.0725. The summed E-state index contributed by atoms with van der Waals surface area (Å²) in [5.41, 5.74) is 1.15. The van der Waals surface area contributed by atoms with Crippen LogP contribution in [0.4, 0.5) is 5.13 Å². The van der Waals surface area contributed by atoms with Crippen LogP contribution in [0.1, 0.15) is 49.7 Å². The maximum atomic E-state index is 13.0. The zero-order valence-corrected chi connectivity index (χ0v) is 21.2. The van der Waals surface area contributed by atoms with Crippen LogP contribution in [0.2, 0.25) is 0 Å². The van der Waals surface area contributed by atoms with E-state index < -0.39 is 0 Å². The van der Waals surface area contributed by atoms with E-state index in [4.69, 9.17) is 4.74 Å². The third-order valence-electron chi connectivity index (χ3n) is 5.81. The predicted molar refractivity (Wildman–Crippen MR) is 133 cm³/mol. The second-order valence-corrected chi connectivity index (χ2v) is 10.1. The van der Waals surface area contributed by atoms with E-state index >= 15 is 0 Å². The monoisotopic (exact) mass is 486 g/mol. The number of aromatic nitrogens is 1. The molecule has 3 rings (SSSR count). The van der Waals surface area contributed by atoms with E-state index in [9.17, 15) is 14.4 Å². The minimum Gasteiger partial charge on any atom is -0.497 e. The number of anilines is 1. The van der Waals surface area contributed by atoms with Crippen molar-refractivity contribution in [1.29, 1.82) is 0 Å². The van der Waals surface area contributed by atoms with Crippen LogP contribution < -0.4 is 10.1 Å². The lowest BCUT2D eigenvalue weighted by Gasteiger charge is -2.30. The van der Waals surface area contributed by atoms with Crippen LogP contribution in [0.5, 0.6) is 5.75 Å². The van der Waals surface area contributed by atoms with Crippen LogP contribution in [0.3, 0.4) is 0 Å². The van der Waals surface area contributed by atoms with Gasteiger partial charge >= 0.3 is 0 Å². The molecule has 0 radical (unpaired) electrons. The molecule has 1 aliphatic rings. The molecule has 1 aliphatic heterocycles. The van der Waals surface area contributed by atoms with Gasteiger partial charge in [-0.2, -0.15) is 0 Å². The van der Waals surface area contributed by atoms with Gasteiger partial charge in [0.1, 0.15) is 12.3 Å². The zero-order valence-electron chi connectivity index (χ0n) is 20.4. The molecule has 1 saturated heterocycles. The van der Waals surface area contributed by atoms with Gasteiger partial charge < -0.3 is 19.9 Å². The lowest BCUT2D eigenvalue weighted by molar-refractivity contribution is -0.131. The predicted octanol–water partition coefficient (Wildman–Crippen LogP) is 3.69. The van der Waals surface area contributed by atoms with Crippen molar-refractivity contribution in [2.45, 2.75) is 40.0 Å². The fraction of sp³-hybridized carbons (Fsp3) is 0.520. The number of ether oxygens (including phenoxy) is 1. The van der Waals surface area contributed by atoms with Gasteiger partial charge in [0, 0.05) is 30.6 Å². The summed E-state index contributed by atoms with van der Waals surface area (Å²) in [6, 6.07) is 6.84. The van der Waals surface area contributed by atoms with Crippen molar-refractivity contribution in [2.75, 3.05) is 38.6 Å². The highest BCUT2D eigenvalue weighted by Crippen LogP contribution is 2.20. The molecule has 1 aromatic carbocycles. The van der Waals surface area contributed by atoms with Gasteiger partial charge in [0.15, 0.2) is 5.13 Å². The van der Waals surface area contributed by atoms with Gasteiger partial charge in [-0.25, -0.2) is 4.98 Å². The number of piperidine rings is 1. The molecule has 9 heteroatoms. The van der Waals surface area contributed by atoms with Gasteiger partial charge in [0.05, 0.1) is 19.2 Å². The van der Waals surface area contributed by atoms with E-state index in [1.54, 1.807) is 36.8 Å². The number of nitrogens with zero attached hydrogens (tertiary/aromatic N) is 3. The molecule has 1 aromatic heterocycles. The molecular weight excluding hydrogens is 452 g/mol. The average Bonchev–Trinajstić information content (AvgIpc) is 3.24. The molecule has 1 fully saturated rings. The van der Waals surface area contributed by atoms with Crippen LogP contribution >= 0.6 is 11.3 Å². The Morgan fingerprint density at radius 1 is 1.21 bits per heavy atom. The van der Waals surface area contributed by atoms with Crippen LogP contribution in [0.25, 0.3) is 0 Å². The summed E-state index contributed by atoms with van der Waals surface area (Å²) in [5.74, 6) is 1.07. The van der Waals surface area contributed by atoms with Crippen LogP contribution in [-0.2, 0) is 16.0 Å². The number of amides is 3. The van der Waals surface area contributed by atoms with Gasteiger partial charge in [0.25, 0.3) is 5.91 Å². The standard InChI is InChI=1S/C25H34N4O4S/c1-17(2)14-29(24(32)19-5-7-21(33-4)8-6-19)15-22(30)27-25-26-20(16-34-25)13-23(31)28-11-9-18(3)10-12-28/h5-8,16-18H,9-15H2,1-4H3,(H,26,27,30). The number of carbonyl (C=O) groups is 3. The van der Waals surface area contributed by atoms with E-state index in [1.165, 1.54) is 16.2 Å². The number of hydrogen-bond donors (Lipinski definition) is 1. The lowest BCUT2D eigenvalue weighted by Crippen LogP contribution is -2.40. The van der Waals surface area contributed by atoms with Gasteiger partial charge in [-0.15, -0.1) is 11.3 Å². The molecule has 2 heterocycles. The number of thiazole rings is 1. The van der Waals surface area contributed by atoms with E-state index in [2.05, 4.69) is 17.2 Å². The molecule has 0 bridgehead atoms. The normalized spacial score (nSPS) is 14.2. The maximum absolute atomic E-state index is 13.0. The number of hydrogen-bond acceptors (Lipinski definition) is 6. The number of rotatable bonds is 9. The highest BCUT2D eigenvalue weighted by Gasteiger charge is 2.23. The third-order valence-corrected chi connectivity index (χ3v) is 6.62. The summed E-state index contributed by atoms with van der Waals surface area (Å²) in [4.78, 5) is 46.1. The molecule has 0 saturated carbocycles. The summed E-state index contributed by atoms with van der Waals surface area (Å²) < 4.78 is 5.15. The van der Waals surface area contributed by atoms with Crippen molar-refractivity contribution in [3.05, 3.63) is 40.9 Å². The third kappa shape index (κ3) is 7.28. The molecule has 1 N–H and O–H groups in total. The first-order chi connectivity index (χ1) is 16.2. The highest BCUT2D eigenvalue weighted by molar-refractivity contribution is 7.13. The van der Waals surface area contributed by atoms with Crippen LogP contribution in [0.15, 0.2) is 29.6 Å². The van der Waals surface area contributed by atoms with E-state index in [0.29, 0.717) is 34.6 Å². The first-order valence-corrected chi connectivity index (χ1v) is 12.6. The van der Waals surface area contributed by atoms with Gasteiger partial charge in [-0.1, -0.05) is 20.8 Å². The van der Waals surface area contributed by atoms with Crippen molar-refractivity contribution in [1.82, 2.24) is 14.8 Å². The largest absolute Gasteiger partial charge is 0.497 e. The smallest absolute Gasteiger partial charge is 0.254 e. The average molecular weight is 487 g/mol. The lowest BCUT2D eigenvalue weighted by atomic mass is 9.99. The Kier molecular flexibility index (Phi) is 9.04. The molecule has 8 nitrogen and oxygen atoms in total. The maximum Gasteiger partial charge on any atom is 0.254 e. The number of benzene rings is 1. The van der Waals surface area contributed by atoms with E-state index in [0.717, 1.165) is 25.9 Å². The van der Waals surface area contributed by atoms with Gasteiger partial charge in [0.2, 0.25) is 11.8 Å². The summed E-state index contributed by atoms with van der Waals surface area (Å²) in [6.07, 6.45) is 2.30. The summed E-state index contributed by atoms with van der Waals surface area (Å²) in [7, 11) is 1.57. The Bertz CT molecular complexity index is 981. The van der Waals surface area contributed by atoms with Gasteiger partial charge in [-0.05, 0) is 48.9 Å². The molecule has 0 atom stereocenters. The molecular formula is C25H34N4O4S. The fourth-order valence-corrected chi connectivity index (χ4v) is 4.61. The Hall–Kier alpha value is -2.94. The second-order valence-electron chi connectivity index (χ2n) is 9.24. The Labute approximate surface area is 205 Å². The van der Waals surface area contributed by atoms with Crippen LogP contribution in [0, 0.1) is 11.8 Å². The number of nitrogens with one attached hydrogen (secondary N) is 1. The Morgan fingerprint density at radius 3 is 2.50 bits per heavy atom. The van der Waals surface area contributed by atoms with Gasteiger partial charge in [-0.3, -0.25) is 14.4 Å². The summed E-state index contributed by atoms with van der Waals surface area (Å²) in [6.45, 7) is 8.17. The zero-order chi connectivity index (χ0) is 24.7. The van der Waals surface area contributed by atoms with Crippen molar-refractivity contribution < 1.29 is 19.1 Å². The number of carbonyl (C=O) groups excluding carboxylic acids is 3. The first-order valence-electron chi connectivity index (χ1n) is 11.7. The van der Waals surface area contributed by atoms with E-state index in [-0.39, 0.29) is 36.6 Å². The number of likely N-dealkylation sites (tertiary alicyclic amines) is 1. The molecule has 2 aromatic rings. The highest BCUT2D eigenvalue weighted by atomic mass is 32.1. The molecule has 0 unspecified atom stereocenters. The second kappa shape index (κ2) is 12.0. The fourth-order valence-electron chi connectivity index (χ4n) is 3.88. The SMILES string of the molecule is COc1ccc(C(=O)N(CC(=O)Nc2nc(CC(=O)N3CCC(C)CC3)cs2)CC(C)C)cc1. The van der Waals surface area contributed by atoms with Crippen LogP contribution in [-0.4, -0.2) is 65.8 Å². The summed E-state index contributed by atoms with van der Waals surface area (Å²) >= 11 is 1.29. The Morgan fingerprint density at radius 2 is 1.88 bits per heavy atom. The summed E-state index contributed by atoms with van der Waals surface area (Å²) in [5, 5.41) is 5.01. The minimum atomic E-state index is -0.320. The molecule has 0 spiro atoms. The molecule has 3 amide bonds. The molecule has 34 heavy (non-hydrogen) atoms. The molecule has 0 aliphatic carbocycles.